The fourth-order valence-electron chi connectivity index (χ4n) is 4.74. The van der Waals surface area contributed by atoms with Crippen LogP contribution in [0.1, 0.15) is 78.0 Å². The van der Waals surface area contributed by atoms with E-state index in [4.69, 9.17) is 9.72 Å². The molecule has 220 valence electrons. The van der Waals surface area contributed by atoms with Gasteiger partial charge in [-0.05, 0) is 37.1 Å². The van der Waals surface area contributed by atoms with Crippen LogP contribution in [0.15, 0.2) is 65.5 Å². The molecule has 0 aliphatic heterocycles. The van der Waals surface area contributed by atoms with Gasteiger partial charge in [-0.15, -0.1) is 0 Å². The van der Waals surface area contributed by atoms with Gasteiger partial charge in [-0.2, -0.15) is 0 Å². The van der Waals surface area contributed by atoms with Crippen molar-refractivity contribution in [2.45, 2.75) is 85.2 Å². The van der Waals surface area contributed by atoms with Crippen LogP contribution in [0.4, 0.5) is 5.69 Å². The fraction of sp³-hybridized carbons (Fsp3) is 0.455. The molecule has 3 rings (SSSR count). The highest BCUT2D eigenvalue weighted by molar-refractivity contribution is 5.92. The Bertz CT molecular complexity index is 1300. The highest BCUT2D eigenvalue weighted by atomic mass is 16.5. The van der Waals surface area contributed by atoms with Gasteiger partial charge in [0.15, 0.2) is 0 Å². The van der Waals surface area contributed by atoms with Gasteiger partial charge < -0.3 is 9.84 Å². The number of carbonyl (C=O) groups is 2. The number of nitrogens with zero attached hydrogens (tertiary/aromatic N) is 3. The second-order valence-electron chi connectivity index (χ2n) is 10.3. The van der Waals surface area contributed by atoms with Crippen molar-refractivity contribution in [3.8, 4) is 17.0 Å². The highest BCUT2D eigenvalue weighted by Gasteiger charge is 2.20. The minimum Gasteiger partial charge on any atom is -0.493 e. The van der Waals surface area contributed by atoms with E-state index in [1.54, 1.807) is 33.7 Å². The molecule has 0 fully saturated rings. The first-order valence-corrected chi connectivity index (χ1v) is 14.8. The lowest BCUT2D eigenvalue weighted by molar-refractivity contribution is -0.143. The highest BCUT2D eigenvalue weighted by Crippen LogP contribution is 2.23. The van der Waals surface area contributed by atoms with Crippen molar-refractivity contribution in [3.63, 3.8) is 0 Å². The van der Waals surface area contributed by atoms with E-state index in [2.05, 4.69) is 6.92 Å². The molecule has 0 aliphatic carbocycles. The predicted molar refractivity (Wildman–Crippen MR) is 162 cm³/mol. The molecule has 1 N–H and O–H groups in total. The number of hydrogen-bond acceptors (Lipinski definition) is 5. The van der Waals surface area contributed by atoms with Crippen molar-refractivity contribution < 1.29 is 19.4 Å². The van der Waals surface area contributed by atoms with Gasteiger partial charge in [0.25, 0.3) is 5.56 Å². The third-order valence-corrected chi connectivity index (χ3v) is 7.14. The Labute approximate surface area is 243 Å². The Hall–Kier alpha value is -3.94. The average Bonchev–Trinajstić information content (AvgIpc) is 2.98. The number of unbranched alkanes of at least 4 members (excludes halogenated alkanes) is 4. The Morgan fingerprint density at radius 3 is 2.29 bits per heavy atom. The van der Waals surface area contributed by atoms with Gasteiger partial charge in [0, 0.05) is 30.2 Å². The summed E-state index contributed by atoms with van der Waals surface area (Å²) >= 11 is 0. The Balaban J connectivity index is 1.86. The van der Waals surface area contributed by atoms with E-state index >= 15 is 0 Å². The number of aliphatic carboxylic acids is 1. The molecule has 1 atom stereocenters. The third kappa shape index (κ3) is 9.30. The maximum absolute atomic E-state index is 13.5. The van der Waals surface area contributed by atoms with E-state index in [9.17, 15) is 19.5 Å². The fourth-order valence-corrected chi connectivity index (χ4v) is 4.74. The molecule has 0 aliphatic rings. The lowest BCUT2D eigenvalue weighted by Gasteiger charge is -2.25. The smallest absolute Gasteiger partial charge is 0.309 e. The molecular weight excluding hydrogens is 518 g/mol. The minimum atomic E-state index is -0.872. The molecule has 1 heterocycles. The molecule has 0 saturated carbocycles. The SMILES string of the molecule is CCCCCCCC(=O)N(Cn1c(CC)nc(-c2ccccc2)cc1=O)c1ccc(OCC(CCC)C(=O)O)cc1. The first kappa shape index (κ1) is 31.6. The number of aromatic nitrogens is 2. The molecule has 0 bridgehead atoms. The summed E-state index contributed by atoms with van der Waals surface area (Å²) in [6.45, 7) is 6.18. The molecule has 1 amide bonds. The number of carboxylic acid groups (broad SMARTS) is 1. The zero-order valence-corrected chi connectivity index (χ0v) is 24.6. The second-order valence-corrected chi connectivity index (χ2v) is 10.3. The van der Waals surface area contributed by atoms with Crippen LogP contribution in [-0.2, 0) is 22.7 Å². The van der Waals surface area contributed by atoms with Crippen LogP contribution < -0.4 is 15.2 Å². The summed E-state index contributed by atoms with van der Waals surface area (Å²) in [5.74, 6) is -0.374. The summed E-state index contributed by atoms with van der Waals surface area (Å²) in [4.78, 5) is 44.7. The van der Waals surface area contributed by atoms with Crippen LogP contribution in [0.2, 0.25) is 0 Å². The number of carboxylic acids is 1. The number of aryl methyl sites for hydroxylation is 1. The van der Waals surface area contributed by atoms with Crippen LogP contribution in [0.25, 0.3) is 11.3 Å². The van der Waals surface area contributed by atoms with Crippen LogP contribution >= 0.6 is 0 Å². The molecule has 1 unspecified atom stereocenters. The van der Waals surface area contributed by atoms with E-state index in [1.165, 1.54) is 6.07 Å². The van der Waals surface area contributed by atoms with Gasteiger partial charge in [0.05, 0.1) is 11.6 Å². The quantitative estimate of drug-likeness (QED) is 0.184. The topological polar surface area (TPSA) is 102 Å². The zero-order valence-electron chi connectivity index (χ0n) is 24.6. The van der Waals surface area contributed by atoms with E-state index in [0.29, 0.717) is 42.2 Å². The first-order chi connectivity index (χ1) is 19.9. The summed E-state index contributed by atoms with van der Waals surface area (Å²) in [5, 5.41) is 9.41. The molecular formula is C33H43N3O5. The van der Waals surface area contributed by atoms with Crippen LogP contribution in [0, 0.1) is 5.92 Å². The standard InChI is InChI=1S/C33H43N3O5/c1-4-7-8-9-13-17-31(37)35(27-18-20-28(21-19-27)41-23-26(14-5-2)33(39)40)24-36-30(6-3)34-29(22-32(36)38)25-15-11-10-12-16-25/h10-12,15-16,18-22,26H,4-9,13-14,17,23-24H2,1-3H3,(H,39,40). The van der Waals surface area contributed by atoms with Gasteiger partial charge in [-0.3, -0.25) is 23.9 Å². The van der Waals surface area contributed by atoms with Gasteiger partial charge in [0.2, 0.25) is 5.91 Å². The molecule has 8 heteroatoms. The molecule has 3 aromatic rings. The number of rotatable bonds is 17. The monoisotopic (exact) mass is 561 g/mol. The van der Waals surface area contributed by atoms with Crippen molar-refractivity contribution in [2.75, 3.05) is 11.5 Å². The number of amides is 1. The Morgan fingerprint density at radius 2 is 1.66 bits per heavy atom. The number of ether oxygens (including phenoxy) is 1. The van der Waals surface area contributed by atoms with Crippen LogP contribution in [0.3, 0.4) is 0 Å². The van der Waals surface area contributed by atoms with Gasteiger partial charge in [-0.1, -0.05) is 83.2 Å². The molecule has 0 saturated heterocycles. The van der Waals surface area contributed by atoms with Crippen molar-refractivity contribution in [3.05, 3.63) is 76.8 Å². The summed E-state index contributed by atoms with van der Waals surface area (Å²) < 4.78 is 7.32. The average molecular weight is 562 g/mol. The van der Waals surface area contributed by atoms with Crippen molar-refractivity contribution >= 4 is 17.6 Å². The van der Waals surface area contributed by atoms with Crippen molar-refractivity contribution in [2.24, 2.45) is 5.92 Å². The number of carbonyl (C=O) groups excluding carboxylic acids is 1. The lowest BCUT2D eigenvalue weighted by atomic mass is 10.1. The summed E-state index contributed by atoms with van der Waals surface area (Å²) in [6, 6.07) is 18.1. The predicted octanol–water partition coefficient (Wildman–Crippen LogP) is 6.70. The summed E-state index contributed by atoms with van der Waals surface area (Å²) in [6.07, 6.45) is 7.35. The Kier molecular flexibility index (Phi) is 12.6. The zero-order chi connectivity index (χ0) is 29.6. The lowest BCUT2D eigenvalue weighted by Crippen LogP contribution is -2.38. The summed E-state index contributed by atoms with van der Waals surface area (Å²) in [5.41, 5.74) is 1.90. The van der Waals surface area contributed by atoms with Gasteiger partial charge in [0.1, 0.15) is 24.8 Å². The largest absolute Gasteiger partial charge is 0.493 e. The van der Waals surface area contributed by atoms with Crippen molar-refractivity contribution in [1.82, 2.24) is 9.55 Å². The minimum absolute atomic E-state index is 0.0513. The molecule has 0 spiro atoms. The van der Waals surface area contributed by atoms with E-state index < -0.39 is 11.9 Å². The molecule has 1 aromatic heterocycles. The number of anilines is 1. The molecule has 8 nitrogen and oxygen atoms in total. The maximum Gasteiger partial charge on any atom is 0.309 e. The first-order valence-electron chi connectivity index (χ1n) is 14.8. The third-order valence-electron chi connectivity index (χ3n) is 7.14. The van der Waals surface area contributed by atoms with Crippen LogP contribution in [-0.4, -0.2) is 33.1 Å². The number of hydrogen-bond donors (Lipinski definition) is 1. The Morgan fingerprint density at radius 1 is 0.951 bits per heavy atom. The van der Waals surface area contributed by atoms with Crippen molar-refractivity contribution in [1.29, 1.82) is 0 Å². The van der Waals surface area contributed by atoms with Gasteiger partial charge in [-0.25, -0.2) is 4.98 Å². The summed E-state index contributed by atoms with van der Waals surface area (Å²) in [7, 11) is 0. The van der Waals surface area contributed by atoms with Crippen LogP contribution in [0.5, 0.6) is 5.75 Å². The number of benzene rings is 2. The van der Waals surface area contributed by atoms with Gasteiger partial charge >= 0.3 is 5.97 Å². The second kappa shape index (κ2) is 16.4. The normalized spacial score (nSPS) is 11.7. The molecule has 2 aromatic carbocycles. The van der Waals surface area contributed by atoms with E-state index in [0.717, 1.165) is 44.1 Å². The molecule has 41 heavy (non-hydrogen) atoms. The maximum atomic E-state index is 13.5. The molecule has 0 radical (unpaired) electrons. The van der Waals surface area contributed by atoms with E-state index in [-0.39, 0.29) is 24.7 Å². The van der Waals surface area contributed by atoms with E-state index in [1.807, 2.05) is 44.2 Å².